The van der Waals surface area contributed by atoms with E-state index < -0.39 is 33.7 Å². The third kappa shape index (κ3) is 3.59. The third-order valence-corrected chi connectivity index (χ3v) is 5.50. The quantitative estimate of drug-likeness (QED) is 0.287. The number of rotatable bonds is 3. The molecule has 0 atom stereocenters. The molecule has 4 rings (SSSR count). The molecular formula is C18H8BrF3N4O3S. The maximum atomic E-state index is 13.7. The molecule has 0 saturated carbocycles. The van der Waals surface area contributed by atoms with Crippen LogP contribution in [0.2, 0.25) is 0 Å². The number of benzene rings is 2. The number of nitro groups is 1. The van der Waals surface area contributed by atoms with Crippen LogP contribution < -0.4 is 5.56 Å². The van der Waals surface area contributed by atoms with Gasteiger partial charge >= 0.3 is 6.18 Å². The Morgan fingerprint density at radius 3 is 2.43 bits per heavy atom. The van der Waals surface area contributed by atoms with Crippen LogP contribution in [0.3, 0.4) is 0 Å². The van der Waals surface area contributed by atoms with E-state index in [2.05, 4.69) is 25.9 Å². The van der Waals surface area contributed by atoms with Gasteiger partial charge in [-0.15, -0.1) is 11.3 Å². The second kappa shape index (κ2) is 7.29. The zero-order valence-electron chi connectivity index (χ0n) is 14.6. The largest absolute Gasteiger partial charge is 0.450 e. The van der Waals surface area contributed by atoms with E-state index in [1.807, 2.05) is 0 Å². The lowest BCUT2D eigenvalue weighted by molar-refractivity contribution is -0.384. The van der Waals surface area contributed by atoms with Gasteiger partial charge in [0, 0.05) is 27.5 Å². The molecule has 0 unspecified atom stereocenters. The summed E-state index contributed by atoms with van der Waals surface area (Å²) in [5, 5.41) is 12.1. The van der Waals surface area contributed by atoms with Gasteiger partial charge in [0.1, 0.15) is 0 Å². The predicted octanol–water partition coefficient (Wildman–Crippen LogP) is 5.20. The van der Waals surface area contributed by atoms with Crippen LogP contribution in [0.15, 0.2) is 57.1 Å². The first kappa shape index (κ1) is 20.2. The molecule has 2 heterocycles. The van der Waals surface area contributed by atoms with Crippen molar-refractivity contribution in [3.05, 3.63) is 78.6 Å². The van der Waals surface area contributed by atoms with E-state index in [0.29, 0.717) is 15.8 Å². The van der Waals surface area contributed by atoms with E-state index in [-0.39, 0.29) is 10.5 Å². The molecule has 0 saturated heterocycles. The molecule has 12 heteroatoms. The van der Waals surface area contributed by atoms with Gasteiger partial charge in [-0.3, -0.25) is 14.9 Å². The summed E-state index contributed by atoms with van der Waals surface area (Å²) in [6.07, 6.45) is -4.98. The van der Waals surface area contributed by atoms with Gasteiger partial charge in [-0.25, -0.2) is 14.5 Å². The van der Waals surface area contributed by atoms with E-state index in [1.54, 1.807) is 24.3 Å². The molecule has 0 aliphatic rings. The molecule has 0 amide bonds. The second-order valence-corrected chi connectivity index (χ2v) is 7.81. The van der Waals surface area contributed by atoms with E-state index in [1.165, 1.54) is 5.38 Å². The number of aromatic nitrogens is 3. The van der Waals surface area contributed by atoms with Crippen LogP contribution in [-0.2, 0) is 6.18 Å². The summed E-state index contributed by atoms with van der Waals surface area (Å²) in [4.78, 5) is 30.7. The average molecular weight is 497 g/mol. The van der Waals surface area contributed by atoms with Crippen molar-refractivity contribution in [3.8, 4) is 16.4 Å². The molecule has 7 nitrogen and oxygen atoms in total. The number of hydrogen-bond acceptors (Lipinski definition) is 6. The molecule has 4 aromatic rings. The van der Waals surface area contributed by atoms with Crippen LogP contribution in [0.1, 0.15) is 5.82 Å². The van der Waals surface area contributed by atoms with Crippen molar-refractivity contribution in [2.75, 3.05) is 0 Å². The molecular weight excluding hydrogens is 489 g/mol. The Morgan fingerprint density at radius 2 is 1.80 bits per heavy atom. The fourth-order valence-electron chi connectivity index (χ4n) is 2.78. The SMILES string of the molecule is O=c1c2ccc([N+](=O)[O-])cc2nc(C(F)(F)F)n1-c1nc(-c2ccc(Br)cc2)cs1. The summed E-state index contributed by atoms with van der Waals surface area (Å²) in [7, 11) is 0. The van der Waals surface area contributed by atoms with Crippen LogP contribution in [0, 0.1) is 10.1 Å². The minimum Gasteiger partial charge on any atom is -0.268 e. The minimum absolute atomic E-state index is 0.186. The van der Waals surface area contributed by atoms with Gasteiger partial charge in [-0.2, -0.15) is 13.2 Å². The molecule has 0 aliphatic carbocycles. The lowest BCUT2D eigenvalue weighted by Gasteiger charge is -2.13. The number of halogens is 4. The van der Waals surface area contributed by atoms with E-state index in [9.17, 15) is 28.1 Å². The van der Waals surface area contributed by atoms with Gasteiger partial charge in [-0.1, -0.05) is 28.1 Å². The molecule has 0 aliphatic heterocycles. The Balaban J connectivity index is 1.95. The first-order valence-electron chi connectivity index (χ1n) is 8.15. The Kier molecular flexibility index (Phi) is 4.90. The number of non-ortho nitro benzene ring substituents is 1. The van der Waals surface area contributed by atoms with Crippen molar-refractivity contribution in [3.63, 3.8) is 0 Å². The van der Waals surface area contributed by atoms with Crippen molar-refractivity contribution in [2.45, 2.75) is 6.18 Å². The Bertz CT molecular complexity index is 1350. The summed E-state index contributed by atoms with van der Waals surface area (Å²) < 4.78 is 42.3. The molecule has 0 fully saturated rings. The summed E-state index contributed by atoms with van der Waals surface area (Å²) in [5.41, 5.74) is -0.841. The summed E-state index contributed by atoms with van der Waals surface area (Å²) in [6.45, 7) is 0. The van der Waals surface area contributed by atoms with Crippen LogP contribution in [0.4, 0.5) is 18.9 Å². The van der Waals surface area contributed by atoms with Gasteiger partial charge in [0.25, 0.3) is 11.2 Å². The topological polar surface area (TPSA) is 90.9 Å². The van der Waals surface area contributed by atoms with Crippen LogP contribution in [-0.4, -0.2) is 19.5 Å². The van der Waals surface area contributed by atoms with Crippen molar-refractivity contribution < 1.29 is 18.1 Å². The maximum Gasteiger partial charge on any atom is 0.450 e. The smallest absolute Gasteiger partial charge is 0.268 e. The van der Waals surface area contributed by atoms with Gasteiger partial charge < -0.3 is 0 Å². The van der Waals surface area contributed by atoms with E-state index in [4.69, 9.17) is 0 Å². The number of nitro benzene ring substituents is 1. The van der Waals surface area contributed by atoms with Gasteiger partial charge in [0.2, 0.25) is 5.82 Å². The number of alkyl halides is 3. The van der Waals surface area contributed by atoms with Crippen molar-refractivity contribution in [2.24, 2.45) is 0 Å². The Labute approximate surface area is 177 Å². The standard InChI is InChI=1S/C18H8BrF3N4O3S/c19-10-3-1-9(2-4-10)14-8-30-17(24-14)25-15(27)12-6-5-11(26(28)29)7-13(12)23-16(25)18(20,21)22/h1-8H. The first-order valence-corrected chi connectivity index (χ1v) is 9.82. The maximum absolute atomic E-state index is 13.7. The van der Waals surface area contributed by atoms with Gasteiger partial charge in [0.15, 0.2) is 5.13 Å². The Morgan fingerprint density at radius 1 is 1.10 bits per heavy atom. The van der Waals surface area contributed by atoms with Crippen LogP contribution in [0.25, 0.3) is 27.3 Å². The Hall–Kier alpha value is -3.12. The molecule has 30 heavy (non-hydrogen) atoms. The second-order valence-electron chi connectivity index (χ2n) is 6.05. The minimum atomic E-state index is -4.98. The lowest BCUT2D eigenvalue weighted by Crippen LogP contribution is -2.28. The van der Waals surface area contributed by atoms with Crippen LogP contribution in [0.5, 0.6) is 0 Å². The first-order chi connectivity index (χ1) is 14.1. The number of nitrogens with zero attached hydrogens (tertiary/aromatic N) is 4. The van der Waals surface area contributed by atoms with Gasteiger partial charge in [0.05, 0.1) is 21.5 Å². The zero-order valence-corrected chi connectivity index (χ0v) is 17.0. The molecule has 0 bridgehead atoms. The van der Waals surface area contributed by atoms with Crippen molar-refractivity contribution in [1.29, 1.82) is 0 Å². The van der Waals surface area contributed by atoms with Crippen molar-refractivity contribution >= 4 is 43.9 Å². The number of thiazole rings is 1. The molecule has 2 aromatic heterocycles. The van der Waals surface area contributed by atoms with Crippen LogP contribution >= 0.6 is 27.3 Å². The summed E-state index contributed by atoms with van der Waals surface area (Å²) in [5.74, 6) is -1.50. The molecule has 0 radical (unpaired) electrons. The summed E-state index contributed by atoms with van der Waals surface area (Å²) >= 11 is 4.15. The summed E-state index contributed by atoms with van der Waals surface area (Å²) in [6, 6.07) is 9.94. The fraction of sp³-hybridized carbons (Fsp3) is 0.0556. The zero-order chi connectivity index (χ0) is 21.6. The lowest BCUT2D eigenvalue weighted by atomic mass is 10.2. The third-order valence-electron chi connectivity index (χ3n) is 4.14. The molecule has 0 N–H and O–H groups in total. The number of fused-ring (bicyclic) bond motifs is 1. The average Bonchev–Trinajstić information content (AvgIpc) is 3.17. The fourth-order valence-corrected chi connectivity index (χ4v) is 3.87. The molecule has 152 valence electrons. The highest BCUT2D eigenvalue weighted by Gasteiger charge is 2.38. The normalized spacial score (nSPS) is 11.7. The number of hydrogen-bond donors (Lipinski definition) is 0. The highest BCUT2D eigenvalue weighted by molar-refractivity contribution is 9.10. The highest BCUT2D eigenvalue weighted by atomic mass is 79.9. The highest BCUT2D eigenvalue weighted by Crippen LogP contribution is 2.32. The molecule has 0 spiro atoms. The van der Waals surface area contributed by atoms with Gasteiger partial charge in [-0.05, 0) is 18.2 Å². The van der Waals surface area contributed by atoms with E-state index in [0.717, 1.165) is 34.0 Å². The van der Waals surface area contributed by atoms with E-state index >= 15 is 0 Å². The predicted molar refractivity (Wildman–Crippen MR) is 108 cm³/mol. The van der Waals surface area contributed by atoms with Crippen molar-refractivity contribution in [1.82, 2.24) is 14.5 Å². The monoisotopic (exact) mass is 496 g/mol. The molecule has 2 aromatic carbocycles.